The molecule has 6 heteroatoms. The molecule has 26 heavy (non-hydrogen) atoms. The van der Waals surface area contributed by atoms with Crippen molar-refractivity contribution >= 4 is 0 Å². The largest absolute Gasteiger partial charge is 0.415 e. The molecule has 0 bridgehead atoms. The molecule has 0 fully saturated rings. The molecule has 6 nitrogen and oxygen atoms in total. The highest BCUT2D eigenvalue weighted by atomic mass is 16.5. The third-order valence-electron chi connectivity index (χ3n) is 3.89. The zero-order valence-corrected chi connectivity index (χ0v) is 14.2. The van der Waals surface area contributed by atoms with Crippen LogP contribution < -0.4 is 0 Å². The number of aromatic nitrogens is 4. The van der Waals surface area contributed by atoms with Gasteiger partial charge in [-0.15, -0.1) is 10.2 Å². The minimum atomic E-state index is 0.336. The monoisotopic (exact) mass is 344 g/mol. The Labute approximate surface area is 150 Å². The van der Waals surface area contributed by atoms with Crippen LogP contribution in [0.25, 0.3) is 34.3 Å². The number of methoxy groups -OCH3 is 1. The van der Waals surface area contributed by atoms with Gasteiger partial charge in [-0.05, 0) is 17.7 Å². The van der Waals surface area contributed by atoms with Crippen LogP contribution in [-0.4, -0.2) is 27.3 Å². The van der Waals surface area contributed by atoms with Crippen molar-refractivity contribution in [3.05, 3.63) is 72.6 Å². The second-order valence-electron chi connectivity index (χ2n) is 5.66. The quantitative estimate of drug-likeness (QED) is 0.545. The van der Waals surface area contributed by atoms with Crippen molar-refractivity contribution in [1.29, 1.82) is 0 Å². The van der Waals surface area contributed by atoms with Crippen LogP contribution in [0.15, 0.2) is 71.4 Å². The fraction of sp³-hybridized carbons (Fsp3) is 0.100. The van der Waals surface area contributed by atoms with Crippen molar-refractivity contribution in [2.24, 2.45) is 0 Å². The van der Waals surface area contributed by atoms with Crippen LogP contribution in [0.2, 0.25) is 0 Å². The number of rotatable bonds is 5. The summed E-state index contributed by atoms with van der Waals surface area (Å²) < 4.78 is 11.0. The molecule has 0 aliphatic carbocycles. The summed E-state index contributed by atoms with van der Waals surface area (Å²) in [5.41, 5.74) is 4.13. The molecule has 0 N–H and O–H groups in total. The molecule has 0 amide bonds. The van der Waals surface area contributed by atoms with Gasteiger partial charge in [-0.2, -0.15) is 0 Å². The zero-order chi connectivity index (χ0) is 17.8. The Morgan fingerprint density at radius 1 is 0.846 bits per heavy atom. The van der Waals surface area contributed by atoms with Crippen molar-refractivity contribution in [2.45, 2.75) is 6.61 Å². The second-order valence-corrected chi connectivity index (χ2v) is 5.66. The predicted molar refractivity (Wildman–Crippen MR) is 96.9 cm³/mol. The van der Waals surface area contributed by atoms with E-state index in [4.69, 9.17) is 9.15 Å². The maximum absolute atomic E-state index is 5.77. The molecule has 128 valence electrons. The molecule has 0 atom stereocenters. The Balaban J connectivity index is 1.70. The lowest BCUT2D eigenvalue weighted by atomic mass is 10.1. The smallest absolute Gasteiger partial charge is 0.268 e. The summed E-state index contributed by atoms with van der Waals surface area (Å²) in [6.45, 7) is 0.501. The normalized spacial score (nSPS) is 10.8. The summed E-state index contributed by atoms with van der Waals surface area (Å²) in [4.78, 5) is 8.94. The molecule has 0 aliphatic rings. The third-order valence-corrected chi connectivity index (χ3v) is 3.89. The average molecular weight is 344 g/mol. The van der Waals surface area contributed by atoms with Gasteiger partial charge in [-0.1, -0.05) is 42.5 Å². The van der Waals surface area contributed by atoms with E-state index in [1.165, 1.54) is 0 Å². The van der Waals surface area contributed by atoms with E-state index in [0.717, 1.165) is 22.4 Å². The second kappa shape index (κ2) is 7.25. The standard InChI is InChI=1S/C20H16N4O2/c1-25-13-15-9-5-6-10-16(15)17-11-21-12-18(22-17)20-24-23-19(26-20)14-7-3-2-4-8-14/h2-12H,13H2,1H3. The van der Waals surface area contributed by atoms with Crippen molar-refractivity contribution in [1.82, 2.24) is 20.2 Å². The van der Waals surface area contributed by atoms with Gasteiger partial charge in [-0.25, -0.2) is 4.98 Å². The Kier molecular flexibility index (Phi) is 4.49. The number of hydrogen-bond donors (Lipinski definition) is 0. The molecule has 4 rings (SSSR count). The summed E-state index contributed by atoms with van der Waals surface area (Å²) in [6.07, 6.45) is 3.33. The molecule has 0 saturated carbocycles. The Bertz CT molecular complexity index is 1020. The van der Waals surface area contributed by atoms with Crippen LogP contribution in [0.5, 0.6) is 0 Å². The van der Waals surface area contributed by atoms with Crippen molar-refractivity contribution in [3.8, 4) is 34.3 Å². The molecule has 0 aliphatic heterocycles. The van der Waals surface area contributed by atoms with E-state index in [1.807, 2.05) is 54.6 Å². The van der Waals surface area contributed by atoms with Gasteiger partial charge in [0.2, 0.25) is 5.89 Å². The van der Waals surface area contributed by atoms with E-state index in [1.54, 1.807) is 19.5 Å². The van der Waals surface area contributed by atoms with Crippen LogP contribution in [0, 0.1) is 0 Å². The molecule has 0 spiro atoms. The van der Waals surface area contributed by atoms with Gasteiger partial charge in [0.05, 0.1) is 24.7 Å². The Morgan fingerprint density at radius 2 is 1.58 bits per heavy atom. The van der Waals surface area contributed by atoms with Gasteiger partial charge in [0.15, 0.2) is 0 Å². The highest BCUT2D eigenvalue weighted by Gasteiger charge is 2.14. The van der Waals surface area contributed by atoms with Crippen LogP contribution in [0.1, 0.15) is 5.56 Å². The first-order valence-corrected chi connectivity index (χ1v) is 8.13. The summed E-state index contributed by atoms with van der Waals surface area (Å²) >= 11 is 0. The lowest BCUT2D eigenvalue weighted by Gasteiger charge is -2.08. The predicted octanol–water partition coefficient (Wildman–Crippen LogP) is 4.01. The van der Waals surface area contributed by atoms with Gasteiger partial charge in [0, 0.05) is 18.2 Å². The van der Waals surface area contributed by atoms with E-state index >= 15 is 0 Å². The van der Waals surface area contributed by atoms with E-state index < -0.39 is 0 Å². The number of benzene rings is 2. The van der Waals surface area contributed by atoms with Crippen LogP contribution in [0.3, 0.4) is 0 Å². The number of nitrogens with zero attached hydrogens (tertiary/aromatic N) is 4. The van der Waals surface area contributed by atoms with Gasteiger partial charge < -0.3 is 9.15 Å². The SMILES string of the molecule is COCc1ccccc1-c1cncc(-c2nnc(-c3ccccc3)o2)n1. The summed E-state index contributed by atoms with van der Waals surface area (Å²) in [6, 6.07) is 17.5. The summed E-state index contributed by atoms with van der Waals surface area (Å²) in [7, 11) is 1.67. The maximum Gasteiger partial charge on any atom is 0.268 e. The molecule has 2 aromatic heterocycles. The molecular weight excluding hydrogens is 328 g/mol. The van der Waals surface area contributed by atoms with Crippen LogP contribution in [0.4, 0.5) is 0 Å². The average Bonchev–Trinajstić information content (AvgIpc) is 3.20. The molecule has 4 aromatic rings. The van der Waals surface area contributed by atoms with Crippen molar-refractivity contribution in [3.63, 3.8) is 0 Å². The lowest BCUT2D eigenvalue weighted by Crippen LogP contribution is -1.95. The maximum atomic E-state index is 5.77. The molecule has 0 unspecified atom stereocenters. The van der Waals surface area contributed by atoms with Crippen LogP contribution >= 0.6 is 0 Å². The Morgan fingerprint density at radius 3 is 2.42 bits per heavy atom. The fourth-order valence-electron chi connectivity index (χ4n) is 2.67. The highest BCUT2D eigenvalue weighted by molar-refractivity contribution is 5.65. The minimum Gasteiger partial charge on any atom is -0.415 e. The molecular formula is C20H16N4O2. The van der Waals surface area contributed by atoms with Gasteiger partial charge >= 0.3 is 0 Å². The highest BCUT2D eigenvalue weighted by Crippen LogP contribution is 2.26. The first-order valence-electron chi connectivity index (χ1n) is 8.13. The zero-order valence-electron chi connectivity index (χ0n) is 14.2. The first-order chi connectivity index (χ1) is 12.8. The van der Waals surface area contributed by atoms with Gasteiger partial charge in [0.25, 0.3) is 5.89 Å². The van der Waals surface area contributed by atoms with Crippen LogP contribution in [-0.2, 0) is 11.3 Å². The van der Waals surface area contributed by atoms with E-state index in [2.05, 4.69) is 20.2 Å². The fourth-order valence-corrected chi connectivity index (χ4v) is 2.67. The third kappa shape index (κ3) is 3.22. The van der Waals surface area contributed by atoms with Gasteiger partial charge in [-0.3, -0.25) is 4.98 Å². The number of ether oxygens (including phenoxy) is 1. The molecule has 0 saturated heterocycles. The Hall–Kier alpha value is -3.38. The van der Waals surface area contributed by atoms with Crippen molar-refractivity contribution in [2.75, 3.05) is 7.11 Å². The molecule has 0 radical (unpaired) electrons. The topological polar surface area (TPSA) is 73.9 Å². The van der Waals surface area contributed by atoms with E-state index in [-0.39, 0.29) is 0 Å². The number of hydrogen-bond acceptors (Lipinski definition) is 6. The first kappa shape index (κ1) is 16.1. The van der Waals surface area contributed by atoms with Crippen molar-refractivity contribution < 1.29 is 9.15 Å². The molecule has 2 aromatic carbocycles. The summed E-state index contributed by atoms with van der Waals surface area (Å²) in [5, 5.41) is 8.22. The minimum absolute atomic E-state index is 0.336. The van der Waals surface area contributed by atoms with E-state index in [9.17, 15) is 0 Å². The van der Waals surface area contributed by atoms with Gasteiger partial charge in [0.1, 0.15) is 5.69 Å². The van der Waals surface area contributed by atoms with E-state index in [0.29, 0.717) is 24.1 Å². The molecule has 2 heterocycles. The lowest BCUT2D eigenvalue weighted by molar-refractivity contribution is 0.185. The summed E-state index contributed by atoms with van der Waals surface area (Å²) in [5.74, 6) is 0.787.